The van der Waals surface area contributed by atoms with Crippen LogP contribution in [0.3, 0.4) is 0 Å². The number of nitrogens with zero attached hydrogens (tertiary/aromatic N) is 3. The minimum Gasteiger partial charge on any atom is -0.344 e. The van der Waals surface area contributed by atoms with Crippen LogP contribution in [0, 0.1) is 20.8 Å². The molecule has 0 aliphatic rings. The lowest BCUT2D eigenvalue weighted by molar-refractivity contribution is 0.0939. The lowest BCUT2D eigenvalue weighted by atomic mass is 10.0. The maximum atomic E-state index is 12.5. The van der Waals surface area contributed by atoms with E-state index in [-0.39, 0.29) is 11.9 Å². The smallest absolute Gasteiger partial charge is 0.251 e. The molecule has 3 rings (SSSR count). The van der Waals surface area contributed by atoms with Crippen LogP contribution in [0.1, 0.15) is 45.0 Å². The van der Waals surface area contributed by atoms with Crippen molar-refractivity contribution in [3.63, 3.8) is 0 Å². The molecule has 1 unspecified atom stereocenters. The number of nitrogens with one attached hydrogen (secondary N) is 1. The van der Waals surface area contributed by atoms with Crippen molar-refractivity contribution in [3.05, 3.63) is 63.2 Å². The van der Waals surface area contributed by atoms with Gasteiger partial charge < -0.3 is 5.32 Å². The van der Waals surface area contributed by atoms with Crippen LogP contribution in [0.15, 0.2) is 36.0 Å². The van der Waals surface area contributed by atoms with Crippen LogP contribution < -0.4 is 5.32 Å². The summed E-state index contributed by atoms with van der Waals surface area (Å²) in [5.41, 5.74) is 7.32. The normalized spacial score (nSPS) is 12.0. The van der Waals surface area contributed by atoms with E-state index in [0.717, 1.165) is 33.0 Å². The quantitative estimate of drug-likeness (QED) is 0.770. The van der Waals surface area contributed by atoms with Gasteiger partial charge in [-0.1, -0.05) is 12.1 Å². The number of hydrogen-bond acceptors (Lipinski definition) is 5. The van der Waals surface area contributed by atoms with Crippen molar-refractivity contribution in [1.82, 2.24) is 20.5 Å². The van der Waals surface area contributed by atoms with Gasteiger partial charge in [0.15, 0.2) is 0 Å². The number of carbonyl (C=O) groups is 1. The van der Waals surface area contributed by atoms with E-state index < -0.39 is 0 Å². The fraction of sp³-hybridized carbons (Fsp3) is 0.263. The molecule has 0 bridgehead atoms. The highest BCUT2D eigenvalue weighted by atomic mass is 32.1. The minimum absolute atomic E-state index is 0.113. The molecular formula is C19H20N4OS. The van der Waals surface area contributed by atoms with Crippen molar-refractivity contribution < 1.29 is 4.79 Å². The Morgan fingerprint density at radius 1 is 1.16 bits per heavy atom. The van der Waals surface area contributed by atoms with Crippen LogP contribution in [0.4, 0.5) is 0 Å². The molecule has 1 N–H and O–H groups in total. The predicted molar refractivity (Wildman–Crippen MR) is 99.7 cm³/mol. The molecule has 3 aromatic rings. The van der Waals surface area contributed by atoms with Crippen LogP contribution in [0.25, 0.3) is 11.3 Å². The number of rotatable bonds is 4. The number of thiazole rings is 1. The van der Waals surface area contributed by atoms with E-state index in [1.807, 2.05) is 52.0 Å². The van der Waals surface area contributed by atoms with E-state index in [4.69, 9.17) is 0 Å². The molecule has 2 heterocycles. The third-order valence-electron chi connectivity index (χ3n) is 4.32. The van der Waals surface area contributed by atoms with Crippen LogP contribution in [0.5, 0.6) is 0 Å². The topological polar surface area (TPSA) is 67.8 Å². The van der Waals surface area contributed by atoms with Gasteiger partial charge in [0.1, 0.15) is 0 Å². The molecule has 0 aliphatic carbocycles. The molecule has 0 saturated carbocycles. The maximum Gasteiger partial charge on any atom is 0.251 e. The van der Waals surface area contributed by atoms with Crippen LogP contribution >= 0.6 is 11.3 Å². The van der Waals surface area contributed by atoms with Crippen molar-refractivity contribution in [2.75, 3.05) is 0 Å². The van der Waals surface area contributed by atoms with Crippen molar-refractivity contribution >= 4 is 17.2 Å². The Labute approximate surface area is 151 Å². The summed E-state index contributed by atoms with van der Waals surface area (Å²) in [5.74, 6) is -0.113. The monoisotopic (exact) mass is 352 g/mol. The number of amides is 1. The number of aromatic nitrogens is 3. The van der Waals surface area contributed by atoms with Gasteiger partial charge in [0, 0.05) is 16.0 Å². The summed E-state index contributed by atoms with van der Waals surface area (Å²) in [6, 6.07) is 7.32. The molecule has 2 aromatic heterocycles. The summed E-state index contributed by atoms with van der Waals surface area (Å²) in [4.78, 5) is 17.9. The van der Waals surface area contributed by atoms with Gasteiger partial charge in [-0.05, 0) is 51.0 Å². The van der Waals surface area contributed by atoms with Crippen molar-refractivity contribution in [2.45, 2.75) is 33.7 Å². The number of benzene rings is 1. The molecule has 128 valence electrons. The standard InChI is InChI=1S/C19H20N4OS/c1-11-9-21-23-17(12(11)2)15-5-7-16(8-6-15)19(24)22-13(3)18-14(4)25-10-20-18/h5-10,13H,1-4H3,(H,22,24). The van der Waals surface area contributed by atoms with Crippen LogP contribution in [-0.2, 0) is 0 Å². The largest absolute Gasteiger partial charge is 0.344 e. The summed E-state index contributed by atoms with van der Waals surface area (Å²) in [5, 5.41) is 11.2. The first kappa shape index (κ1) is 17.2. The molecule has 0 aliphatic heterocycles. The zero-order valence-electron chi connectivity index (χ0n) is 14.7. The molecule has 0 spiro atoms. The molecule has 1 atom stereocenters. The van der Waals surface area contributed by atoms with E-state index in [1.54, 1.807) is 23.0 Å². The van der Waals surface area contributed by atoms with Crippen molar-refractivity contribution in [3.8, 4) is 11.3 Å². The zero-order chi connectivity index (χ0) is 18.0. The van der Waals surface area contributed by atoms with E-state index >= 15 is 0 Å². The van der Waals surface area contributed by atoms with E-state index in [0.29, 0.717) is 5.56 Å². The molecule has 0 fully saturated rings. The predicted octanol–water partition coefficient (Wildman–Crippen LogP) is 4.02. The van der Waals surface area contributed by atoms with Gasteiger partial charge >= 0.3 is 0 Å². The van der Waals surface area contributed by atoms with Gasteiger partial charge in [-0.3, -0.25) is 4.79 Å². The molecule has 5 nitrogen and oxygen atoms in total. The van der Waals surface area contributed by atoms with E-state index in [9.17, 15) is 4.79 Å². The average Bonchev–Trinajstić information content (AvgIpc) is 3.03. The Morgan fingerprint density at radius 2 is 1.88 bits per heavy atom. The third kappa shape index (κ3) is 3.58. The number of carbonyl (C=O) groups excluding carboxylic acids is 1. The first-order chi connectivity index (χ1) is 12.0. The fourth-order valence-corrected chi connectivity index (χ4v) is 3.34. The van der Waals surface area contributed by atoms with Gasteiger partial charge in [0.25, 0.3) is 5.91 Å². The van der Waals surface area contributed by atoms with Gasteiger partial charge in [-0.15, -0.1) is 11.3 Å². The second kappa shape index (κ2) is 7.11. The minimum atomic E-state index is -0.122. The van der Waals surface area contributed by atoms with Gasteiger partial charge in [0.2, 0.25) is 0 Å². The van der Waals surface area contributed by atoms with Crippen LogP contribution in [0.2, 0.25) is 0 Å². The Kier molecular flexibility index (Phi) is 4.90. The lowest BCUT2D eigenvalue weighted by Gasteiger charge is -2.13. The van der Waals surface area contributed by atoms with Crippen molar-refractivity contribution in [2.24, 2.45) is 0 Å². The Hall–Kier alpha value is -2.60. The molecule has 0 saturated heterocycles. The summed E-state index contributed by atoms with van der Waals surface area (Å²) in [6.07, 6.45) is 1.75. The third-order valence-corrected chi connectivity index (χ3v) is 5.09. The highest BCUT2D eigenvalue weighted by molar-refractivity contribution is 7.09. The van der Waals surface area contributed by atoms with E-state index in [2.05, 4.69) is 20.5 Å². The number of aryl methyl sites for hydroxylation is 2. The van der Waals surface area contributed by atoms with Gasteiger partial charge in [-0.2, -0.15) is 10.2 Å². The molecule has 0 radical (unpaired) electrons. The lowest BCUT2D eigenvalue weighted by Crippen LogP contribution is -2.27. The Bertz CT molecular complexity index is 902. The SMILES string of the molecule is Cc1cnnc(-c2ccc(C(=O)NC(C)c3ncsc3C)cc2)c1C. The second-order valence-corrected chi connectivity index (χ2v) is 7.13. The average molecular weight is 352 g/mol. The molecule has 25 heavy (non-hydrogen) atoms. The Morgan fingerprint density at radius 3 is 2.52 bits per heavy atom. The number of hydrogen-bond donors (Lipinski definition) is 1. The fourth-order valence-electron chi connectivity index (χ4n) is 2.66. The van der Waals surface area contributed by atoms with Gasteiger partial charge in [-0.25, -0.2) is 4.98 Å². The second-order valence-electron chi connectivity index (χ2n) is 6.07. The van der Waals surface area contributed by atoms with E-state index in [1.165, 1.54) is 0 Å². The maximum absolute atomic E-state index is 12.5. The molecule has 6 heteroatoms. The van der Waals surface area contributed by atoms with Crippen molar-refractivity contribution in [1.29, 1.82) is 0 Å². The highest BCUT2D eigenvalue weighted by Crippen LogP contribution is 2.23. The summed E-state index contributed by atoms with van der Waals surface area (Å²) in [6.45, 7) is 7.99. The first-order valence-electron chi connectivity index (χ1n) is 8.07. The first-order valence-corrected chi connectivity index (χ1v) is 8.95. The summed E-state index contributed by atoms with van der Waals surface area (Å²) >= 11 is 1.58. The summed E-state index contributed by atoms with van der Waals surface area (Å²) < 4.78 is 0. The Balaban J connectivity index is 1.77. The molecule has 1 aromatic carbocycles. The molecular weight excluding hydrogens is 332 g/mol. The molecule has 1 amide bonds. The van der Waals surface area contributed by atoms with Crippen LogP contribution in [-0.4, -0.2) is 21.1 Å². The van der Waals surface area contributed by atoms with Gasteiger partial charge in [0.05, 0.1) is 29.1 Å². The zero-order valence-corrected chi connectivity index (χ0v) is 15.5. The highest BCUT2D eigenvalue weighted by Gasteiger charge is 2.15. The summed E-state index contributed by atoms with van der Waals surface area (Å²) in [7, 11) is 0.